The lowest BCUT2D eigenvalue weighted by Crippen LogP contribution is -2.48. The van der Waals surface area contributed by atoms with E-state index in [0.717, 1.165) is 40.1 Å². The smallest absolute Gasteiger partial charge is 0.243 e. The molecule has 0 bridgehead atoms. The van der Waals surface area contributed by atoms with Crippen LogP contribution in [0.25, 0.3) is 10.2 Å². The molecule has 3 aromatic rings. The number of nitrogens with zero attached hydrogens (tertiary/aromatic N) is 5. The molecular formula is C21H23ClFN5O3S2. The summed E-state index contributed by atoms with van der Waals surface area (Å²) in [6.07, 6.45) is 0. The van der Waals surface area contributed by atoms with Crippen LogP contribution in [0.4, 0.5) is 10.2 Å². The zero-order valence-corrected chi connectivity index (χ0v) is 20.2. The van der Waals surface area contributed by atoms with Crippen LogP contribution >= 0.6 is 22.9 Å². The molecule has 33 heavy (non-hydrogen) atoms. The van der Waals surface area contributed by atoms with Crippen molar-refractivity contribution < 1.29 is 17.5 Å². The van der Waals surface area contributed by atoms with E-state index in [1.54, 1.807) is 11.3 Å². The molecule has 0 atom stereocenters. The molecule has 0 unspecified atom stereocenters. The second-order valence-corrected chi connectivity index (χ2v) is 11.4. The van der Waals surface area contributed by atoms with Crippen molar-refractivity contribution in [2.75, 3.05) is 57.4 Å². The highest BCUT2D eigenvalue weighted by molar-refractivity contribution is 7.89. The summed E-state index contributed by atoms with van der Waals surface area (Å²) < 4.78 is 47.1. The highest BCUT2D eigenvalue weighted by Crippen LogP contribution is 2.34. The van der Waals surface area contributed by atoms with Crippen molar-refractivity contribution >= 4 is 49.0 Å². The minimum absolute atomic E-state index is 0.00782. The molecular weight excluding hydrogens is 489 g/mol. The van der Waals surface area contributed by atoms with Crippen molar-refractivity contribution in [1.82, 2.24) is 19.2 Å². The first-order valence-electron chi connectivity index (χ1n) is 10.7. The van der Waals surface area contributed by atoms with Gasteiger partial charge in [-0.15, -0.1) is 11.3 Å². The second kappa shape index (κ2) is 9.40. The van der Waals surface area contributed by atoms with Crippen LogP contribution in [0.1, 0.15) is 4.88 Å². The van der Waals surface area contributed by atoms with Gasteiger partial charge < -0.3 is 9.64 Å². The van der Waals surface area contributed by atoms with Crippen LogP contribution < -0.4 is 4.90 Å². The maximum absolute atomic E-state index is 13.5. The number of piperazine rings is 1. The summed E-state index contributed by atoms with van der Waals surface area (Å²) >= 11 is 7.83. The van der Waals surface area contributed by atoms with Crippen LogP contribution in [0.15, 0.2) is 35.2 Å². The largest absolute Gasteiger partial charge is 0.378 e. The van der Waals surface area contributed by atoms with Gasteiger partial charge in [-0.1, -0.05) is 6.07 Å². The van der Waals surface area contributed by atoms with E-state index >= 15 is 0 Å². The third-order valence-electron chi connectivity index (χ3n) is 5.83. The number of hydrogen-bond acceptors (Lipinski definition) is 8. The van der Waals surface area contributed by atoms with Crippen LogP contribution in [0.2, 0.25) is 5.28 Å². The van der Waals surface area contributed by atoms with Gasteiger partial charge in [0.1, 0.15) is 5.82 Å². The molecule has 0 saturated carbocycles. The number of aromatic nitrogens is 2. The van der Waals surface area contributed by atoms with Crippen LogP contribution in [0.3, 0.4) is 0 Å². The number of fused-ring (bicyclic) bond motifs is 1. The van der Waals surface area contributed by atoms with E-state index in [0.29, 0.717) is 45.9 Å². The van der Waals surface area contributed by atoms with E-state index in [4.69, 9.17) is 16.3 Å². The standard InChI is InChI=1S/C21H23ClFN5O3S2/c22-21-24-18-13-16(32-19(18)20(25-21)27-8-10-31-11-9-27)14-26-4-6-28(7-5-26)33(29,30)17-3-1-2-15(23)12-17/h1-3,12-13H,4-11,14H2. The van der Waals surface area contributed by atoms with Gasteiger partial charge in [0.2, 0.25) is 15.3 Å². The normalized spacial score (nSPS) is 18.8. The summed E-state index contributed by atoms with van der Waals surface area (Å²) in [4.78, 5) is 14.4. The lowest BCUT2D eigenvalue weighted by Gasteiger charge is -2.33. The first kappa shape index (κ1) is 22.9. The topological polar surface area (TPSA) is 78.9 Å². The van der Waals surface area contributed by atoms with Gasteiger partial charge in [-0.25, -0.2) is 17.8 Å². The number of morpholine rings is 1. The van der Waals surface area contributed by atoms with E-state index in [9.17, 15) is 12.8 Å². The van der Waals surface area contributed by atoms with E-state index in [1.807, 2.05) is 6.07 Å². The van der Waals surface area contributed by atoms with Gasteiger partial charge in [0.05, 0.1) is 28.3 Å². The number of thiophene rings is 1. The lowest BCUT2D eigenvalue weighted by atomic mass is 10.3. The molecule has 2 saturated heterocycles. The predicted molar refractivity (Wildman–Crippen MR) is 126 cm³/mol. The van der Waals surface area contributed by atoms with Crippen molar-refractivity contribution in [2.45, 2.75) is 11.4 Å². The number of benzene rings is 1. The Labute approximate surface area is 200 Å². The first-order valence-corrected chi connectivity index (χ1v) is 13.3. The van der Waals surface area contributed by atoms with Gasteiger partial charge in [-0.05, 0) is 35.9 Å². The summed E-state index contributed by atoms with van der Waals surface area (Å²) in [7, 11) is -3.70. The number of ether oxygens (including phenoxy) is 1. The van der Waals surface area contributed by atoms with Crippen molar-refractivity contribution in [3.63, 3.8) is 0 Å². The Morgan fingerprint density at radius 2 is 1.82 bits per heavy atom. The fourth-order valence-electron chi connectivity index (χ4n) is 4.13. The van der Waals surface area contributed by atoms with E-state index in [-0.39, 0.29) is 10.2 Å². The average molecular weight is 512 g/mol. The zero-order chi connectivity index (χ0) is 23.0. The number of rotatable bonds is 5. The van der Waals surface area contributed by atoms with Crippen LogP contribution in [0, 0.1) is 5.82 Å². The Balaban J connectivity index is 1.28. The van der Waals surface area contributed by atoms with Gasteiger partial charge in [0.25, 0.3) is 0 Å². The van der Waals surface area contributed by atoms with Crippen LogP contribution in [0.5, 0.6) is 0 Å². The number of hydrogen-bond donors (Lipinski definition) is 0. The molecule has 0 amide bonds. The minimum Gasteiger partial charge on any atom is -0.378 e. The lowest BCUT2D eigenvalue weighted by molar-refractivity contribution is 0.122. The molecule has 12 heteroatoms. The fourth-order valence-corrected chi connectivity index (χ4v) is 6.91. The highest BCUT2D eigenvalue weighted by Gasteiger charge is 2.29. The maximum Gasteiger partial charge on any atom is 0.243 e. The summed E-state index contributed by atoms with van der Waals surface area (Å²) in [6.45, 7) is 5.41. The van der Waals surface area contributed by atoms with Crippen molar-refractivity contribution in [2.24, 2.45) is 0 Å². The molecule has 1 aromatic carbocycles. The molecule has 2 aromatic heterocycles. The molecule has 2 fully saturated rings. The molecule has 4 heterocycles. The van der Waals surface area contributed by atoms with Crippen molar-refractivity contribution in [1.29, 1.82) is 0 Å². The predicted octanol–water partition coefficient (Wildman–Crippen LogP) is 2.83. The highest BCUT2D eigenvalue weighted by atomic mass is 35.5. The molecule has 8 nitrogen and oxygen atoms in total. The maximum atomic E-state index is 13.5. The Morgan fingerprint density at radius 3 is 2.55 bits per heavy atom. The summed E-state index contributed by atoms with van der Waals surface area (Å²) in [5.74, 6) is 0.287. The second-order valence-electron chi connectivity index (χ2n) is 7.98. The van der Waals surface area contributed by atoms with Gasteiger partial charge in [0, 0.05) is 50.7 Å². The van der Waals surface area contributed by atoms with Crippen molar-refractivity contribution in [3.8, 4) is 0 Å². The van der Waals surface area contributed by atoms with Crippen LogP contribution in [-0.2, 0) is 21.3 Å². The van der Waals surface area contributed by atoms with Gasteiger partial charge >= 0.3 is 0 Å². The molecule has 176 valence electrons. The Kier molecular flexibility index (Phi) is 6.51. The SMILES string of the molecule is O=S(=O)(c1cccc(F)c1)N1CCN(Cc2cc3nc(Cl)nc(N4CCOCC4)c3s2)CC1. The summed E-state index contributed by atoms with van der Waals surface area (Å²) in [6, 6.07) is 7.19. The first-order chi connectivity index (χ1) is 15.9. The van der Waals surface area contributed by atoms with Crippen molar-refractivity contribution in [3.05, 3.63) is 46.3 Å². The number of halogens is 2. The Hall–Kier alpha value is -1.89. The molecule has 0 N–H and O–H groups in total. The Morgan fingerprint density at radius 1 is 1.06 bits per heavy atom. The van der Waals surface area contributed by atoms with Gasteiger partial charge in [-0.3, -0.25) is 4.90 Å². The quantitative estimate of drug-likeness (QED) is 0.487. The van der Waals surface area contributed by atoms with E-state index in [2.05, 4.69) is 19.8 Å². The third-order valence-corrected chi connectivity index (χ3v) is 9.00. The number of anilines is 1. The molecule has 0 spiro atoms. The average Bonchev–Trinajstić information content (AvgIpc) is 3.21. The monoisotopic (exact) mass is 511 g/mol. The summed E-state index contributed by atoms with van der Waals surface area (Å²) in [5, 5.41) is 0.226. The molecule has 0 aliphatic carbocycles. The molecule has 5 rings (SSSR count). The molecule has 2 aliphatic rings. The van der Waals surface area contributed by atoms with Crippen LogP contribution in [-0.4, -0.2) is 80.1 Å². The number of sulfonamides is 1. The Bertz CT molecular complexity index is 1260. The zero-order valence-electron chi connectivity index (χ0n) is 17.8. The fraction of sp³-hybridized carbons (Fsp3) is 0.429. The summed E-state index contributed by atoms with van der Waals surface area (Å²) in [5.41, 5.74) is 0.823. The third kappa shape index (κ3) is 4.84. The molecule has 0 radical (unpaired) electrons. The minimum atomic E-state index is -3.70. The van der Waals surface area contributed by atoms with Gasteiger partial charge in [0.15, 0.2) is 5.82 Å². The van der Waals surface area contributed by atoms with Gasteiger partial charge in [-0.2, -0.15) is 9.29 Å². The molecule has 2 aliphatic heterocycles. The van der Waals surface area contributed by atoms with E-state index < -0.39 is 15.8 Å². The van der Waals surface area contributed by atoms with E-state index in [1.165, 1.54) is 22.5 Å².